The molecule has 0 aliphatic carbocycles. The zero-order valence-electron chi connectivity index (χ0n) is 7.48. The molecule has 0 rings (SSSR count). The molecule has 1 atom stereocenters. The second kappa shape index (κ2) is 4.59. The lowest BCUT2D eigenvalue weighted by atomic mass is 9.93. The molecule has 0 bridgehead atoms. The van der Waals surface area contributed by atoms with Gasteiger partial charge in [0.25, 0.3) is 5.78 Å². The molecule has 0 amide bonds. The number of hydrogen-bond donors (Lipinski definition) is 2. The maximum Gasteiger partial charge on any atom is 0.373 e. The number of rotatable bonds is 5. The molecule has 0 aliphatic heterocycles. The van der Waals surface area contributed by atoms with Crippen LogP contribution in [0.5, 0.6) is 0 Å². The fraction of sp³-hybridized carbons (Fsp3) is 0.625. The van der Waals surface area contributed by atoms with Gasteiger partial charge in [-0.2, -0.15) is 0 Å². The number of Topliss-reactive ketones (excluding diaryl/α,β-unsaturated/α-hetero) is 1. The van der Waals surface area contributed by atoms with E-state index in [1.807, 2.05) is 0 Å². The summed E-state index contributed by atoms with van der Waals surface area (Å²) in [7, 11) is 0. The van der Waals surface area contributed by atoms with Crippen molar-refractivity contribution in [2.75, 3.05) is 0 Å². The molecule has 5 heteroatoms. The highest BCUT2D eigenvalue weighted by atomic mass is 16.4. The zero-order chi connectivity index (χ0) is 10.6. The molecule has 2 N–H and O–H groups in total. The maximum atomic E-state index is 10.8. The Hall–Kier alpha value is -1.39. The van der Waals surface area contributed by atoms with E-state index in [-0.39, 0.29) is 12.3 Å². The average Bonchev–Trinajstić information content (AvgIpc) is 1.97. The van der Waals surface area contributed by atoms with Gasteiger partial charge in [-0.25, -0.2) is 4.79 Å². The first-order valence-corrected chi connectivity index (χ1v) is 3.86. The minimum atomic E-state index is -1.69. The van der Waals surface area contributed by atoms with Gasteiger partial charge in [0.15, 0.2) is 0 Å². The molecule has 1 unspecified atom stereocenters. The molecule has 13 heavy (non-hydrogen) atoms. The second-order valence-corrected chi connectivity index (χ2v) is 3.19. The summed E-state index contributed by atoms with van der Waals surface area (Å²) in [6.07, 6.45) is 0.0560. The van der Waals surface area contributed by atoms with Crippen molar-refractivity contribution in [2.45, 2.75) is 20.3 Å². The largest absolute Gasteiger partial charge is 0.481 e. The van der Waals surface area contributed by atoms with Crippen LogP contribution in [-0.2, 0) is 14.4 Å². The van der Waals surface area contributed by atoms with Crippen LogP contribution in [0.4, 0.5) is 0 Å². The monoisotopic (exact) mass is 188 g/mol. The first-order valence-electron chi connectivity index (χ1n) is 3.86. The van der Waals surface area contributed by atoms with Gasteiger partial charge < -0.3 is 10.2 Å². The highest BCUT2D eigenvalue weighted by Crippen LogP contribution is 2.13. The second-order valence-electron chi connectivity index (χ2n) is 3.19. The van der Waals surface area contributed by atoms with E-state index >= 15 is 0 Å². The van der Waals surface area contributed by atoms with Gasteiger partial charge in [0, 0.05) is 0 Å². The molecule has 5 nitrogen and oxygen atoms in total. The van der Waals surface area contributed by atoms with Crippen LogP contribution < -0.4 is 0 Å². The highest BCUT2D eigenvalue weighted by molar-refractivity contribution is 6.36. The van der Waals surface area contributed by atoms with E-state index < -0.39 is 23.6 Å². The summed E-state index contributed by atoms with van der Waals surface area (Å²) in [5.74, 6) is -5.75. The molecule has 0 fully saturated rings. The molecule has 0 aromatic heterocycles. The molecule has 0 aliphatic rings. The summed E-state index contributed by atoms with van der Waals surface area (Å²) < 4.78 is 0. The minimum Gasteiger partial charge on any atom is -0.481 e. The summed E-state index contributed by atoms with van der Waals surface area (Å²) in [4.78, 5) is 31.6. The van der Waals surface area contributed by atoms with Gasteiger partial charge in [0.2, 0.25) is 0 Å². The predicted octanol–water partition coefficient (Wildman–Crippen LogP) is 0.387. The Morgan fingerprint density at radius 3 is 1.85 bits per heavy atom. The Kier molecular flexibility index (Phi) is 4.10. The van der Waals surface area contributed by atoms with Gasteiger partial charge in [-0.3, -0.25) is 9.59 Å². The van der Waals surface area contributed by atoms with Crippen LogP contribution in [0.15, 0.2) is 0 Å². The van der Waals surface area contributed by atoms with Crippen molar-refractivity contribution >= 4 is 17.7 Å². The third kappa shape index (κ3) is 3.68. The molecular formula is C8H12O5. The summed E-state index contributed by atoms with van der Waals surface area (Å²) >= 11 is 0. The predicted molar refractivity (Wildman–Crippen MR) is 43.2 cm³/mol. The Labute approximate surface area is 75.4 Å². The molecular weight excluding hydrogens is 176 g/mol. The van der Waals surface area contributed by atoms with Crippen molar-refractivity contribution in [3.05, 3.63) is 0 Å². The number of carboxylic acids is 2. The summed E-state index contributed by atoms with van der Waals surface area (Å²) in [5.41, 5.74) is 0. The number of carbonyl (C=O) groups is 3. The van der Waals surface area contributed by atoms with Crippen molar-refractivity contribution in [1.29, 1.82) is 0 Å². The van der Waals surface area contributed by atoms with E-state index in [1.54, 1.807) is 13.8 Å². The normalized spacial score (nSPS) is 12.5. The summed E-state index contributed by atoms with van der Waals surface area (Å²) in [5, 5.41) is 16.9. The topological polar surface area (TPSA) is 91.7 Å². The first kappa shape index (κ1) is 11.6. The fourth-order valence-corrected chi connectivity index (χ4v) is 0.940. The molecule has 0 aromatic carbocycles. The summed E-state index contributed by atoms with van der Waals surface area (Å²) in [6, 6.07) is 0. The van der Waals surface area contributed by atoms with Gasteiger partial charge in [0.05, 0.1) is 0 Å². The molecule has 74 valence electrons. The average molecular weight is 188 g/mol. The fourth-order valence-electron chi connectivity index (χ4n) is 0.940. The van der Waals surface area contributed by atoms with Crippen LogP contribution >= 0.6 is 0 Å². The van der Waals surface area contributed by atoms with Crippen LogP contribution in [0, 0.1) is 11.8 Å². The standard InChI is InChI=1S/C8H12O5/c1-4(2)3-5(7(10)11)6(9)8(12)13/h4-5H,3H2,1-2H3,(H,10,11)(H,12,13). The summed E-state index contributed by atoms with van der Waals surface area (Å²) in [6.45, 7) is 3.45. The van der Waals surface area contributed by atoms with Crippen LogP contribution in [-0.4, -0.2) is 27.9 Å². The number of aliphatic carboxylic acids is 2. The van der Waals surface area contributed by atoms with Gasteiger partial charge in [-0.1, -0.05) is 13.8 Å². The zero-order valence-corrected chi connectivity index (χ0v) is 7.48. The van der Waals surface area contributed by atoms with E-state index in [4.69, 9.17) is 10.2 Å². The van der Waals surface area contributed by atoms with Crippen molar-refractivity contribution < 1.29 is 24.6 Å². The third-order valence-electron chi connectivity index (χ3n) is 1.53. The van der Waals surface area contributed by atoms with E-state index in [0.29, 0.717) is 0 Å². The van der Waals surface area contributed by atoms with Gasteiger partial charge in [-0.05, 0) is 12.3 Å². The van der Waals surface area contributed by atoms with Crippen molar-refractivity contribution in [2.24, 2.45) is 11.8 Å². The van der Waals surface area contributed by atoms with Crippen LogP contribution in [0.1, 0.15) is 20.3 Å². The van der Waals surface area contributed by atoms with E-state index in [1.165, 1.54) is 0 Å². The van der Waals surface area contributed by atoms with Crippen molar-refractivity contribution in [3.63, 3.8) is 0 Å². The van der Waals surface area contributed by atoms with Crippen LogP contribution in [0.3, 0.4) is 0 Å². The lowest BCUT2D eigenvalue weighted by Gasteiger charge is -2.10. The molecule has 0 saturated heterocycles. The van der Waals surface area contributed by atoms with E-state index in [9.17, 15) is 14.4 Å². The molecule has 0 radical (unpaired) electrons. The first-order chi connectivity index (χ1) is 5.86. The van der Waals surface area contributed by atoms with Gasteiger partial charge in [0.1, 0.15) is 5.92 Å². The highest BCUT2D eigenvalue weighted by Gasteiger charge is 2.31. The van der Waals surface area contributed by atoms with Gasteiger partial charge in [-0.15, -0.1) is 0 Å². The number of carbonyl (C=O) groups excluding carboxylic acids is 1. The van der Waals surface area contributed by atoms with Crippen LogP contribution in [0.25, 0.3) is 0 Å². The Bertz CT molecular complexity index is 231. The number of carboxylic acid groups (broad SMARTS) is 2. The molecule has 0 saturated carbocycles. The SMILES string of the molecule is CC(C)CC(C(=O)O)C(=O)C(=O)O. The third-order valence-corrected chi connectivity index (χ3v) is 1.53. The van der Waals surface area contributed by atoms with Gasteiger partial charge >= 0.3 is 11.9 Å². The number of ketones is 1. The lowest BCUT2D eigenvalue weighted by molar-refractivity contribution is -0.157. The number of hydrogen-bond acceptors (Lipinski definition) is 3. The smallest absolute Gasteiger partial charge is 0.373 e. The Balaban J connectivity index is 4.52. The maximum absolute atomic E-state index is 10.8. The quantitative estimate of drug-likeness (QED) is 0.481. The minimum absolute atomic E-state index is 0.0237. The van der Waals surface area contributed by atoms with E-state index in [0.717, 1.165) is 0 Å². The molecule has 0 heterocycles. The molecule has 0 aromatic rings. The molecule has 0 spiro atoms. The Morgan fingerprint density at radius 2 is 1.62 bits per heavy atom. The Morgan fingerprint density at radius 1 is 1.15 bits per heavy atom. The van der Waals surface area contributed by atoms with Crippen molar-refractivity contribution in [3.8, 4) is 0 Å². The lowest BCUT2D eigenvalue weighted by Crippen LogP contribution is -2.30. The van der Waals surface area contributed by atoms with Crippen molar-refractivity contribution in [1.82, 2.24) is 0 Å². The van der Waals surface area contributed by atoms with E-state index in [2.05, 4.69) is 0 Å². The van der Waals surface area contributed by atoms with Crippen LogP contribution in [0.2, 0.25) is 0 Å².